The number of rotatable bonds is 4. The zero-order chi connectivity index (χ0) is 12.8. The average Bonchev–Trinajstić information content (AvgIpc) is 2.87. The molecule has 1 aliphatic rings. The Balaban J connectivity index is 1.79. The molecule has 96 valence electrons. The monoisotopic (exact) mass is 247 g/mol. The summed E-state index contributed by atoms with van der Waals surface area (Å²) in [6, 6.07) is 7.31. The molecule has 1 aromatic carbocycles. The van der Waals surface area contributed by atoms with Crippen LogP contribution in [0, 0.1) is 0 Å². The van der Waals surface area contributed by atoms with E-state index in [-0.39, 0.29) is 12.1 Å². The third-order valence-electron chi connectivity index (χ3n) is 2.76. The summed E-state index contributed by atoms with van der Waals surface area (Å²) >= 11 is 0. The zero-order valence-corrected chi connectivity index (χ0v) is 10.2. The molecule has 2 rings (SSSR count). The van der Waals surface area contributed by atoms with Crippen LogP contribution in [0.4, 0.5) is 5.69 Å². The first kappa shape index (κ1) is 12.6. The Kier molecular flexibility index (Phi) is 4.36. The topological polar surface area (TPSA) is 61.6 Å². The van der Waals surface area contributed by atoms with Crippen molar-refractivity contribution < 1.29 is 14.3 Å². The summed E-state index contributed by atoms with van der Waals surface area (Å²) in [6.45, 7) is 1.10. The fourth-order valence-electron chi connectivity index (χ4n) is 1.83. The minimum atomic E-state index is -0.354. The maximum atomic E-state index is 11.5. The summed E-state index contributed by atoms with van der Waals surface area (Å²) < 4.78 is 10.5. The lowest BCUT2D eigenvalue weighted by Gasteiger charge is -2.08. The Labute approximate surface area is 106 Å². The first-order valence-electron chi connectivity index (χ1n) is 6.06. The van der Waals surface area contributed by atoms with Gasteiger partial charge in [0.2, 0.25) is 0 Å². The third-order valence-corrected chi connectivity index (χ3v) is 2.76. The van der Waals surface area contributed by atoms with Gasteiger partial charge < -0.3 is 15.2 Å². The van der Waals surface area contributed by atoms with Crippen LogP contribution in [0.25, 0.3) is 6.08 Å². The highest BCUT2D eigenvalue weighted by Gasteiger charge is 2.16. The van der Waals surface area contributed by atoms with Gasteiger partial charge >= 0.3 is 5.97 Å². The highest BCUT2D eigenvalue weighted by Crippen LogP contribution is 2.12. The molecule has 1 aromatic rings. The quantitative estimate of drug-likeness (QED) is 0.502. The van der Waals surface area contributed by atoms with Crippen molar-refractivity contribution in [2.24, 2.45) is 0 Å². The van der Waals surface area contributed by atoms with E-state index in [4.69, 9.17) is 15.2 Å². The van der Waals surface area contributed by atoms with Gasteiger partial charge in [0.15, 0.2) is 0 Å². The summed E-state index contributed by atoms with van der Waals surface area (Å²) in [7, 11) is 0. The van der Waals surface area contributed by atoms with Crippen LogP contribution in [0.5, 0.6) is 0 Å². The number of benzene rings is 1. The van der Waals surface area contributed by atoms with E-state index >= 15 is 0 Å². The second kappa shape index (κ2) is 6.21. The lowest BCUT2D eigenvalue weighted by Crippen LogP contribution is -2.16. The molecule has 0 spiro atoms. The highest BCUT2D eigenvalue weighted by molar-refractivity contribution is 5.87. The number of carbonyl (C=O) groups excluding carboxylic acids is 1. The van der Waals surface area contributed by atoms with E-state index < -0.39 is 0 Å². The number of esters is 1. The van der Waals surface area contributed by atoms with Gasteiger partial charge in [0.1, 0.15) is 6.61 Å². The molecule has 4 heteroatoms. The molecule has 4 nitrogen and oxygen atoms in total. The molecule has 1 atom stereocenters. The van der Waals surface area contributed by atoms with Crippen molar-refractivity contribution in [3.63, 3.8) is 0 Å². The third kappa shape index (κ3) is 3.89. The van der Waals surface area contributed by atoms with Crippen molar-refractivity contribution in [2.45, 2.75) is 18.9 Å². The highest BCUT2D eigenvalue weighted by atomic mass is 16.6. The van der Waals surface area contributed by atoms with Gasteiger partial charge in [0, 0.05) is 18.4 Å². The molecule has 0 saturated carbocycles. The van der Waals surface area contributed by atoms with Crippen molar-refractivity contribution in [1.29, 1.82) is 0 Å². The Hall–Kier alpha value is -1.81. The average molecular weight is 247 g/mol. The summed E-state index contributed by atoms with van der Waals surface area (Å²) in [5.41, 5.74) is 7.19. The van der Waals surface area contributed by atoms with Crippen LogP contribution >= 0.6 is 0 Å². The van der Waals surface area contributed by atoms with Crippen molar-refractivity contribution in [2.75, 3.05) is 18.9 Å². The van der Waals surface area contributed by atoms with Crippen molar-refractivity contribution in [1.82, 2.24) is 0 Å². The summed E-state index contributed by atoms with van der Waals surface area (Å²) in [4.78, 5) is 11.5. The van der Waals surface area contributed by atoms with Gasteiger partial charge in [0.05, 0.1) is 6.10 Å². The van der Waals surface area contributed by atoms with E-state index in [1.165, 1.54) is 6.08 Å². The van der Waals surface area contributed by atoms with E-state index in [1.54, 1.807) is 18.2 Å². The molecule has 18 heavy (non-hydrogen) atoms. The second-order valence-electron chi connectivity index (χ2n) is 4.27. The largest absolute Gasteiger partial charge is 0.460 e. The normalized spacial score (nSPS) is 19.2. The van der Waals surface area contributed by atoms with E-state index in [0.29, 0.717) is 12.3 Å². The molecular formula is C14H17NO3. The van der Waals surface area contributed by atoms with E-state index in [0.717, 1.165) is 25.0 Å². The van der Waals surface area contributed by atoms with E-state index in [2.05, 4.69) is 0 Å². The molecule has 0 aromatic heterocycles. The van der Waals surface area contributed by atoms with Gasteiger partial charge in [-0.2, -0.15) is 0 Å². The number of hydrogen-bond acceptors (Lipinski definition) is 4. The summed E-state index contributed by atoms with van der Waals surface area (Å²) in [5, 5.41) is 0. The Bertz CT molecular complexity index is 436. The van der Waals surface area contributed by atoms with Gasteiger partial charge in [-0.1, -0.05) is 12.1 Å². The van der Waals surface area contributed by atoms with Crippen LogP contribution in [-0.4, -0.2) is 25.3 Å². The number of ether oxygens (including phenoxy) is 2. The number of nitrogens with two attached hydrogens (primary N) is 1. The lowest BCUT2D eigenvalue weighted by molar-refractivity contribution is -0.140. The van der Waals surface area contributed by atoms with Crippen LogP contribution in [0.15, 0.2) is 30.3 Å². The number of anilines is 1. The first-order chi connectivity index (χ1) is 8.74. The van der Waals surface area contributed by atoms with Gasteiger partial charge in [-0.3, -0.25) is 0 Å². The Morgan fingerprint density at radius 3 is 3.17 bits per heavy atom. The maximum Gasteiger partial charge on any atom is 0.330 e. The molecule has 1 saturated heterocycles. The molecule has 0 aliphatic carbocycles. The first-order valence-corrected chi connectivity index (χ1v) is 6.06. The fourth-order valence-corrected chi connectivity index (χ4v) is 1.83. The van der Waals surface area contributed by atoms with Crippen LogP contribution in [0.1, 0.15) is 18.4 Å². The molecule has 0 amide bonds. The molecule has 2 N–H and O–H groups in total. The van der Waals surface area contributed by atoms with E-state index in [1.807, 2.05) is 12.1 Å². The van der Waals surface area contributed by atoms with Gasteiger partial charge in [-0.05, 0) is 36.6 Å². The number of nitrogen functional groups attached to an aromatic ring is 1. The van der Waals surface area contributed by atoms with Crippen molar-refractivity contribution in [3.05, 3.63) is 35.9 Å². The van der Waals surface area contributed by atoms with Gasteiger partial charge in [0.25, 0.3) is 0 Å². The van der Waals surface area contributed by atoms with Gasteiger partial charge in [-0.25, -0.2) is 4.79 Å². The van der Waals surface area contributed by atoms with Crippen LogP contribution in [-0.2, 0) is 14.3 Å². The Morgan fingerprint density at radius 1 is 1.56 bits per heavy atom. The Morgan fingerprint density at radius 2 is 2.44 bits per heavy atom. The molecule has 1 heterocycles. The molecule has 0 radical (unpaired) electrons. The molecule has 1 unspecified atom stereocenters. The van der Waals surface area contributed by atoms with Crippen LogP contribution < -0.4 is 5.73 Å². The van der Waals surface area contributed by atoms with Crippen molar-refractivity contribution >= 4 is 17.7 Å². The SMILES string of the molecule is Nc1cccc(/C=C/C(=O)OCC2CCCO2)c1. The number of carbonyl (C=O) groups is 1. The summed E-state index contributed by atoms with van der Waals surface area (Å²) in [5.74, 6) is -0.354. The lowest BCUT2D eigenvalue weighted by atomic mass is 10.2. The molecule has 1 fully saturated rings. The maximum absolute atomic E-state index is 11.5. The fraction of sp³-hybridized carbons (Fsp3) is 0.357. The number of hydrogen-bond donors (Lipinski definition) is 1. The molecular weight excluding hydrogens is 230 g/mol. The predicted molar refractivity (Wildman–Crippen MR) is 69.8 cm³/mol. The van der Waals surface area contributed by atoms with E-state index in [9.17, 15) is 4.79 Å². The minimum Gasteiger partial charge on any atom is -0.460 e. The van der Waals surface area contributed by atoms with Crippen molar-refractivity contribution in [3.8, 4) is 0 Å². The summed E-state index contributed by atoms with van der Waals surface area (Å²) in [6.07, 6.45) is 5.17. The molecule has 0 bridgehead atoms. The minimum absolute atomic E-state index is 0.0646. The second-order valence-corrected chi connectivity index (χ2v) is 4.27. The van der Waals surface area contributed by atoms with Gasteiger partial charge in [-0.15, -0.1) is 0 Å². The van der Waals surface area contributed by atoms with Crippen LogP contribution in [0.3, 0.4) is 0 Å². The van der Waals surface area contributed by atoms with Crippen LogP contribution in [0.2, 0.25) is 0 Å². The standard InChI is InChI=1S/C14H17NO3/c15-12-4-1-3-11(9-12)6-7-14(16)18-10-13-5-2-8-17-13/h1,3-4,6-7,9,13H,2,5,8,10,15H2/b7-6+. The predicted octanol–water partition coefficient (Wildman–Crippen LogP) is 2.00. The zero-order valence-electron chi connectivity index (χ0n) is 10.2. The smallest absolute Gasteiger partial charge is 0.330 e. The molecule has 1 aliphatic heterocycles.